The van der Waals surface area contributed by atoms with E-state index in [0.29, 0.717) is 39.6 Å². The van der Waals surface area contributed by atoms with Gasteiger partial charge in [-0.25, -0.2) is 19.3 Å². The van der Waals surface area contributed by atoms with E-state index in [9.17, 15) is 9.18 Å². The van der Waals surface area contributed by atoms with Crippen LogP contribution in [0.1, 0.15) is 19.4 Å². The Morgan fingerprint density at radius 2 is 1.89 bits per heavy atom. The summed E-state index contributed by atoms with van der Waals surface area (Å²) in [5.74, 6) is -0.0526. The molecule has 5 aromatic heterocycles. The van der Waals surface area contributed by atoms with Gasteiger partial charge in [-0.05, 0) is 54.4 Å². The van der Waals surface area contributed by atoms with E-state index in [2.05, 4.69) is 35.5 Å². The van der Waals surface area contributed by atoms with Crippen LogP contribution < -0.4 is 5.32 Å². The topological polar surface area (TPSA) is 125 Å². The molecule has 0 saturated carbocycles. The lowest BCUT2D eigenvalue weighted by molar-refractivity contribution is -0.118. The predicted octanol–water partition coefficient (Wildman–Crippen LogP) is 5.67. The van der Waals surface area contributed by atoms with Crippen molar-refractivity contribution in [2.45, 2.75) is 20.8 Å². The van der Waals surface area contributed by atoms with Gasteiger partial charge in [-0.3, -0.25) is 14.9 Å². The number of aromatic amines is 2. The SMILES string of the molecule is Cc1cc(F)cc(-c2ccnc3nc(-c4n[nH]c5ccc(-c6cncc(NC(=O)C(C)C)c6)nc45)[nH]c23)c1. The number of hydrogen-bond donors (Lipinski definition) is 3. The molecule has 0 bridgehead atoms. The molecule has 188 valence electrons. The van der Waals surface area contributed by atoms with Gasteiger partial charge in [0.25, 0.3) is 0 Å². The minimum atomic E-state index is -0.304. The lowest BCUT2D eigenvalue weighted by Gasteiger charge is -2.08. The first-order chi connectivity index (χ1) is 18.4. The van der Waals surface area contributed by atoms with E-state index < -0.39 is 0 Å². The fourth-order valence-electron chi connectivity index (χ4n) is 4.32. The number of imidazole rings is 1. The summed E-state index contributed by atoms with van der Waals surface area (Å²) in [5, 5.41) is 10.3. The van der Waals surface area contributed by atoms with Gasteiger partial charge in [0.05, 0.1) is 28.6 Å². The quantitative estimate of drug-likeness (QED) is 0.277. The number of carbonyl (C=O) groups is 1. The molecule has 0 aliphatic heterocycles. The van der Waals surface area contributed by atoms with Crippen LogP contribution in [0, 0.1) is 18.7 Å². The molecule has 0 saturated heterocycles. The minimum absolute atomic E-state index is 0.0873. The molecule has 5 heterocycles. The predicted molar refractivity (Wildman–Crippen MR) is 144 cm³/mol. The molecule has 38 heavy (non-hydrogen) atoms. The number of H-pyrrole nitrogens is 2. The fourth-order valence-corrected chi connectivity index (χ4v) is 4.32. The Hall–Kier alpha value is -4.99. The molecule has 0 spiro atoms. The van der Waals surface area contributed by atoms with Crippen molar-refractivity contribution in [3.05, 3.63) is 72.4 Å². The molecule has 6 aromatic rings. The average molecular weight is 507 g/mol. The van der Waals surface area contributed by atoms with Crippen LogP contribution in [0.25, 0.3) is 56.1 Å². The van der Waals surface area contributed by atoms with Gasteiger partial charge in [0, 0.05) is 29.4 Å². The maximum absolute atomic E-state index is 14.1. The number of carbonyl (C=O) groups excluding carboxylic acids is 1. The second-order valence-corrected chi connectivity index (χ2v) is 9.43. The van der Waals surface area contributed by atoms with Gasteiger partial charge < -0.3 is 10.3 Å². The van der Waals surface area contributed by atoms with Crippen LogP contribution in [-0.2, 0) is 4.79 Å². The third-order valence-corrected chi connectivity index (χ3v) is 6.20. The Morgan fingerprint density at radius 3 is 2.71 bits per heavy atom. The number of amides is 1. The number of fused-ring (bicyclic) bond motifs is 2. The van der Waals surface area contributed by atoms with Crippen LogP contribution in [-0.4, -0.2) is 41.0 Å². The lowest BCUT2D eigenvalue weighted by atomic mass is 10.0. The van der Waals surface area contributed by atoms with Gasteiger partial charge in [-0.15, -0.1) is 0 Å². The van der Waals surface area contributed by atoms with Crippen molar-refractivity contribution in [1.82, 2.24) is 35.1 Å². The third kappa shape index (κ3) is 4.26. The smallest absolute Gasteiger partial charge is 0.226 e. The number of nitrogens with one attached hydrogen (secondary N) is 3. The Bertz CT molecular complexity index is 1820. The number of aromatic nitrogens is 7. The molecule has 6 rings (SSSR count). The van der Waals surface area contributed by atoms with E-state index in [1.807, 2.05) is 51.1 Å². The Kier molecular flexibility index (Phi) is 5.64. The Balaban J connectivity index is 1.42. The summed E-state index contributed by atoms with van der Waals surface area (Å²) >= 11 is 0. The van der Waals surface area contributed by atoms with Crippen LogP contribution in [0.15, 0.2) is 61.1 Å². The number of rotatable bonds is 5. The molecular formula is C28H23FN8O. The number of aryl methyl sites for hydroxylation is 1. The first-order valence-corrected chi connectivity index (χ1v) is 12.1. The van der Waals surface area contributed by atoms with E-state index in [-0.39, 0.29) is 17.6 Å². The van der Waals surface area contributed by atoms with Crippen LogP contribution in [0.2, 0.25) is 0 Å². The Labute approximate surface area is 216 Å². The van der Waals surface area contributed by atoms with Gasteiger partial charge in [-0.2, -0.15) is 5.10 Å². The zero-order valence-corrected chi connectivity index (χ0v) is 20.9. The standard InChI is InChI=1S/C28H23FN8O/c1-14(2)28(38)32-19-11-17(12-30-13-19)21-4-5-22-24(33-21)25(37-36-22)27-34-23-20(6-7-31-26(23)35-27)16-8-15(3)9-18(29)10-16/h4-14H,1-3H3,(H,32,38)(H,36,37)(H,31,34,35). The van der Waals surface area contributed by atoms with Crippen molar-refractivity contribution >= 4 is 33.8 Å². The van der Waals surface area contributed by atoms with Crippen molar-refractivity contribution in [2.75, 3.05) is 5.32 Å². The molecule has 1 aromatic carbocycles. The first kappa shape index (κ1) is 23.4. The summed E-state index contributed by atoms with van der Waals surface area (Å²) in [6.45, 7) is 5.52. The van der Waals surface area contributed by atoms with E-state index >= 15 is 0 Å². The van der Waals surface area contributed by atoms with E-state index in [1.165, 1.54) is 12.1 Å². The molecule has 0 radical (unpaired) electrons. The van der Waals surface area contributed by atoms with Crippen molar-refractivity contribution in [2.24, 2.45) is 5.92 Å². The van der Waals surface area contributed by atoms with Crippen molar-refractivity contribution in [3.8, 4) is 33.9 Å². The maximum atomic E-state index is 14.1. The largest absolute Gasteiger partial charge is 0.335 e. The van der Waals surface area contributed by atoms with Crippen LogP contribution in [0.4, 0.5) is 10.1 Å². The first-order valence-electron chi connectivity index (χ1n) is 12.1. The summed E-state index contributed by atoms with van der Waals surface area (Å²) in [5.41, 5.74) is 7.39. The number of halogens is 1. The third-order valence-electron chi connectivity index (χ3n) is 6.20. The summed E-state index contributed by atoms with van der Waals surface area (Å²) < 4.78 is 14.1. The zero-order valence-electron chi connectivity index (χ0n) is 20.9. The number of nitrogens with zero attached hydrogens (tertiary/aromatic N) is 5. The molecule has 0 fully saturated rings. The normalized spacial score (nSPS) is 11.5. The molecule has 10 heteroatoms. The number of benzene rings is 1. The monoisotopic (exact) mass is 506 g/mol. The molecule has 0 unspecified atom stereocenters. The van der Waals surface area contributed by atoms with E-state index in [1.54, 1.807) is 18.6 Å². The molecule has 9 nitrogen and oxygen atoms in total. The number of pyridine rings is 3. The summed E-state index contributed by atoms with van der Waals surface area (Å²) in [7, 11) is 0. The molecular weight excluding hydrogens is 483 g/mol. The minimum Gasteiger partial charge on any atom is -0.335 e. The molecule has 1 amide bonds. The highest BCUT2D eigenvalue weighted by molar-refractivity contribution is 5.95. The highest BCUT2D eigenvalue weighted by Crippen LogP contribution is 2.32. The molecule has 0 aliphatic rings. The van der Waals surface area contributed by atoms with Crippen molar-refractivity contribution < 1.29 is 9.18 Å². The molecule has 0 atom stereocenters. The van der Waals surface area contributed by atoms with Gasteiger partial charge >= 0.3 is 0 Å². The zero-order chi connectivity index (χ0) is 26.4. The van der Waals surface area contributed by atoms with Crippen molar-refractivity contribution in [3.63, 3.8) is 0 Å². The summed E-state index contributed by atoms with van der Waals surface area (Å²) in [6.07, 6.45) is 4.95. The second kappa shape index (κ2) is 9.15. The van der Waals surface area contributed by atoms with Gasteiger partial charge in [0.2, 0.25) is 5.91 Å². The van der Waals surface area contributed by atoms with Crippen LogP contribution in [0.5, 0.6) is 0 Å². The van der Waals surface area contributed by atoms with Gasteiger partial charge in [-0.1, -0.05) is 19.9 Å². The van der Waals surface area contributed by atoms with Gasteiger partial charge in [0.1, 0.15) is 11.3 Å². The Morgan fingerprint density at radius 1 is 1.03 bits per heavy atom. The average Bonchev–Trinajstić information content (AvgIpc) is 3.51. The van der Waals surface area contributed by atoms with Gasteiger partial charge in [0.15, 0.2) is 17.2 Å². The van der Waals surface area contributed by atoms with Crippen LogP contribution >= 0.6 is 0 Å². The number of hydrogen-bond acceptors (Lipinski definition) is 6. The van der Waals surface area contributed by atoms with E-state index in [4.69, 9.17) is 4.98 Å². The molecule has 3 N–H and O–H groups in total. The second-order valence-electron chi connectivity index (χ2n) is 9.43. The highest BCUT2D eigenvalue weighted by atomic mass is 19.1. The lowest BCUT2D eigenvalue weighted by Crippen LogP contribution is -2.17. The summed E-state index contributed by atoms with van der Waals surface area (Å²) in [6, 6.07) is 12.3. The van der Waals surface area contributed by atoms with E-state index in [0.717, 1.165) is 27.8 Å². The molecule has 0 aliphatic carbocycles. The summed E-state index contributed by atoms with van der Waals surface area (Å²) in [4.78, 5) is 33.6. The van der Waals surface area contributed by atoms with Crippen LogP contribution in [0.3, 0.4) is 0 Å². The maximum Gasteiger partial charge on any atom is 0.226 e. The highest BCUT2D eigenvalue weighted by Gasteiger charge is 2.18. The fraction of sp³-hybridized carbons (Fsp3) is 0.143. The number of anilines is 1. The van der Waals surface area contributed by atoms with Crippen molar-refractivity contribution in [1.29, 1.82) is 0 Å².